The molecular formula is C50H66O8. The van der Waals surface area contributed by atoms with Crippen molar-refractivity contribution in [1.82, 2.24) is 0 Å². The van der Waals surface area contributed by atoms with Crippen molar-refractivity contribution in [3.63, 3.8) is 0 Å². The molecule has 0 fully saturated rings. The zero-order valence-electron chi connectivity index (χ0n) is 35.7. The molecule has 0 unspecified atom stereocenters. The minimum atomic E-state index is -0.478. The molecule has 8 nitrogen and oxygen atoms in total. The molecule has 2 atom stereocenters. The fourth-order valence-corrected chi connectivity index (χ4v) is 6.92. The fourth-order valence-electron chi connectivity index (χ4n) is 6.92. The number of ether oxygens (including phenoxy) is 7. The highest BCUT2D eigenvalue weighted by Crippen LogP contribution is 2.45. The zero-order valence-corrected chi connectivity index (χ0v) is 35.7. The average Bonchev–Trinajstić information content (AvgIpc) is 3.24. The largest absolute Gasteiger partial charge is 0.490 e. The van der Waals surface area contributed by atoms with Gasteiger partial charge in [-0.1, -0.05) is 121 Å². The van der Waals surface area contributed by atoms with Crippen molar-refractivity contribution in [2.24, 2.45) is 0 Å². The number of fused-ring (bicyclic) bond motifs is 1. The standard InChI is InChI=1S/C50H66O8/c1-6-11-25-52-44-32-40(33-47(49(44)56-29-15-10-5)57-36-37-21-17-16-18-22-37)42-30-38-23-19-20-24-39(38)31-43(42)58-50(51)41-34-45(53-26-12-7-2)48(55-28-14-9-4)46(35-41)54-27-13-8-3/h16-24,32-35,42-43H,6-15,25-31,36H2,1-5H3/t42-,43+/m0/s1. The second-order valence-corrected chi connectivity index (χ2v) is 15.2. The van der Waals surface area contributed by atoms with E-state index in [1.807, 2.05) is 24.3 Å². The Hall–Kier alpha value is -4.85. The van der Waals surface area contributed by atoms with Crippen LogP contribution in [-0.2, 0) is 24.2 Å². The van der Waals surface area contributed by atoms with Gasteiger partial charge >= 0.3 is 5.97 Å². The number of carbonyl (C=O) groups is 1. The molecule has 4 aromatic rings. The number of hydrogen-bond acceptors (Lipinski definition) is 8. The molecule has 0 saturated carbocycles. The van der Waals surface area contributed by atoms with Crippen LogP contribution < -0.4 is 28.4 Å². The maximum Gasteiger partial charge on any atom is 0.338 e. The molecule has 0 amide bonds. The summed E-state index contributed by atoms with van der Waals surface area (Å²) in [7, 11) is 0. The fraction of sp³-hybridized carbons (Fsp3) is 0.500. The number of rotatable bonds is 26. The van der Waals surface area contributed by atoms with Gasteiger partial charge in [0.15, 0.2) is 23.0 Å². The molecule has 0 bridgehead atoms. The van der Waals surface area contributed by atoms with Gasteiger partial charge in [-0.25, -0.2) is 4.79 Å². The van der Waals surface area contributed by atoms with Crippen LogP contribution in [0.2, 0.25) is 0 Å². The minimum Gasteiger partial charge on any atom is -0.490 e. The van der Waals surface area contributed by atoms with Crippen molar-refractivity contribution in [2.45, 2.75) is 130 Å². The average molecular weight is 795 g/mol. The molecule has 8 heteroatoms. The van der Waals surface area contributed by atoms with E-state index in [2.05, 4.69) is 77.1 Å². The molecule has 0 N–H and O–H groups in total. The van der Waals surface area contributed by atoms with E-state index < -0.39 is 12.1 Å². The van der Waals surface area contributed by atoms with E-state index in [0.717, 1.165) is 75.3 Å². The minimum absolute atomic E-state index is 0.187. The molecule has 0 aliphatic heterocycles. The highest BCUT2D eigenvalue weighted by atomic mass is 16.6. The van der Waals surface area contributed by atoms with Gasteiger partial charge in [0.1, 0.15) is 12.7 Å². The van der Waals surface area contributed by atoms with Gasteiger partial charge < -0.3 is 33.2 Å². The summed E-state index contributed by atoms with van der Waals surface area (Å²) in [5.41, 5.74) is 4.79. The number of esters is 1. The summed E-state index contributed by atoms with van der Waals surface area (Å²) >= 11 is 0. The van der Waals surface area contributed by atoms with Gasteiger partial charge in [-0.2, -0.15) is 0 Å². The van der Waals surface area contributed by atoms with E-state index >= 15 is 0 Å². The molecule has 314 valence electrons. The Kier molecular flexibility index (Phi) is 18.4. The molecule has 1 aliphatic rings. The van der Waals surface area contributed by atoms with Crippen LogP contribution in [0.5, 0.6) is 34.5 Å². The lowest BCUT2D eigenvalue weighted by Crippen LogP contribution is -2.33. The van der Waals surface area contributed by atoms with E-state index in [4.69, 9.17) is 33.2 Å². The second-order valence-electron chi connectivity index (χ2n) is 15.2. The van der Waals surface area contributed by atoms with Gasteiger partial charge in [0, 0.05) is 12.3 Å². The molecule has 0 aromatic heterocycles. The summed E-state index contributed by atoms with van der Waals surface area (Å²) in [6.07, 6.45) is 10.2. The van der Waals surface area contributed by atoms with Crippen LogP contribution in [0, 0.1) is 0 Å². The van der Waals surface area contributed by atoms with Gasteiger partial charge in [-0.3, -0.25) is 0 Å². The quantitative estimate of drug-likeness (QED) is 0.0459. The first-order valence-electron chi connectivity index (χ1n) is 21.9. The van der Waals surface area contributed by atoms with Crippen molar-refractivity contribution in [2.75, 3.05) is 33.0 Å². The molecule has 4 aromatic carbocycles. The molecule has 0 spiro atoms. The van der Waals surface area contributed by atoms with Crippen LogP contribution in [0.3, 0.4) is 0 Å². The normalized spacial score (nSPS) is 14.6. The van der Waals surface area contributed by atoms with Crippen LogP contribution in [0.25, 0.3) is 0 Å². The number of benzene rings is 4. The topological polar surface area (TPSA) is 81.7 Å². The molecule has 0 radical (unpaired) electrons. The molecule has 5 rings (SSSR count). The smallest absolute Gasteiger partial charge is 0.338 e. The Morgan fingerprint density at radius 2 is 0.948 bits per heavy atom. The summed E-state index contributed by atoms with van der Waals surface area (Å²) < 4.78 is 45.0. The van der Waals surface area contributed by atoms with Crippen molar-refractivity contribution >= 4 is 5.97 Å². The third-order valence-electron chi connectivity index (χ3n) is 10.4. The third-order valence-corrected chi connectivity index (χ3v) is 10.4. The Bertz CT molecular complexity index is 1790. The van der Waals surface area contributed by atoms with Crippen molar-refractivity contribution < 1.29 is 38.0 Å². The molecular weight excluding hydrogens is 729 g/mol. The lowest BCUT2D eigenvalue weighted by atomic mass is 9.78. The number of hydrogen-bond donors (Lipinski definition) is 0. The van der Waals surface area contributed by atoms with Crippen LogP contribution >= 0.6 is 0 Å². The summed E-state index contributed by atoms with van der Waals surface area (Å²) in [4.78, 5) is 14.5. The monoisotopic (exact) mass is 794 g/mol. The van der Waals surface area contributed by atoms with E-state index in [1.165, 1.54) is 11.1 Å². The Balaban J connectivity index is 1.54. The van der Waals surface area contributed by atoms with Crippen LogP contribution in [0.15, 0.2) is 78.9 Å². The molecule has 0 heterocycles. The summed E-state index contributed by atoms with van der Waals surface area (Å²) in [5.74, 6) is 2.81. The molecule has 58 heavy (non-hydrogen) atoms. The molecule has 0 saturated heterocycles. The van der Waals surface area contributed by atoms with Gasteiger partial charge in [-0.15, -0.1) is 0 Å². The van der Waals surface area contributed by atoms with E-state index in [-0.39, 0.29) is 5.92 Å². The number of carbonyl (C=O) groups excluding carboxylic acids is 1. The van der Waals surface area contributed by atoms with Crippen molar-refractivity contribution in [1.29, 1.82) is 0 Å². The van der Waals surface area contributed by atoms with Gasteiger partial charge in [0.05, 0.1) is 38.6 Å². The first kappa shape index (κ1) is 44.3. The maximum absolute atomic E-state index is 14.5. The highest BCUT2D eigenvalue weighted by molar-refractivity contribution is 5.91. The van der Waals surface area contributed by atoms with Gasteiger partial charge in [-0.05, 0) is 85.0 Å². The SMILES string of the molecule is CCCCOc1cc(C(=O)O[C@@H]2Cc3ccccc3C[C@H]2c2cc(OCCCC)c(OCCCC)c(OCc3ccccc3)c2)cc(OCCCC)c1OCCCC. The third kappa shape index (κ3) is 12.8. The summed E-state index contributed by atoms with van der Waals surface area (Å²) in [6.45, 7) is 13.7. The lowest BCUT2D eigenvalue weighted by Gasteiger charge is -2.34. The maximum atomic E-state index is 14.5. The summed E-state index contributed by atoms with van der Waals surface area (Å²) in [6, 6.07) is 26.2. The Morgan fingerprint density at radius 3 is 1.45 bits per heavy atom. The predicted octanol–water partition coefficient (Wildman–Crippen LogP) is 12.3. The summed E-state index contributed by atoms with van der Waals surface area (Å²) in [5, 5.41) is 0. The van der Waals surface area contributed by atoms with Crippen molar-refractivity contribution in [3.05, 3.63) is 107 Å². The van der Waals surface area contributed by atoms with Gasteiger partial charge in [0.2, 0.25) is 11.5 Å². The van der Waals surface area contributed by atoms with E-state index in [1.54, 1.807) is 12.1 Å². The van der Waals surface area contributed by atoms with E-state index in [0.29, 0.717) is 92.5 Å². The lowest BCUT2D eigenvalue weighted by molar-refractivity contribution is 0.0214. The van der Waals surface area contributed by atoms with Gasteiger partial charge in [0.25, 0.3) is 0 Å². The highest BCUT2D eigenvalue weighted by Gasteiger charge is 2.35. The Morgan fingerprint density at radius 1 is 0.517 bits per heavy atom. The van der Waals surface area contributed by atoms with Crippen molar-refractivity contribution in [3.8, 4) is 34.5 Å². The first-order valence-corrected chi connectivity index (χ1v) is 21.9. The molecule has 1 aliphatic carbocycles. The van der Waals surface area contributed by atoms with Crippen LogP contribution in [0.1, 0.15) is 137 Å². The number of unbranched alkanes of at least 4 members (excludes halogenated alkanes) is 5. The van der Waals surface area contributed by atoms with Crippen LogP contribution in [-0.4, -0.2) is 45.1 Å². The first-order chi connectivity index (χ1) is 28.5. The van der Waals surface area contributed by atoms with Crippen LogP contribution in [0.4, 0.5) is 0 Å². The predicted molar refractivity (Wildman–Crippen MR) is 231 cm³/mol. The second kappa shape index (κ2) is 24.2. The Labute approximate surface area is 347 Å². The van der Waals surface area contributed by atoms with E-state index in [9.17, 15) is 4.79 Å². The zero-order chi connectivity index (χ0) is 41.0.